The molecule has 1 fully saturated rings. The summed E-state index contributed by atoms with van der Waals surface area (Å²) in [6.07, 6.45) is 1.15. The molecule has 1 aliphatic rings. The van der Waals surface area contributed by atoms with Gasteiger partial charge in [-0.2, -0.15) is 0 Å². The summed E-state index contributed by atoms with van der Waals surface area (Å²) >= 11 is 0. The molecule has 0 spiro atoms. The predicted octanol–water partition coefficient (Wildman–Crippen LogP) is 1.70. The fourth-order valence-electron chi connectivity index (χ4n) is 2.74. The van der Waals surface area contributed by atoms with Crippen LogP contribution in [0.2, 0.25) is 0 Å². The highest BCUT2D eigenvalue weighted by Crippen LogP contribution is 2.31. The highest BCUT2D eigenvalue weighted by molar-refractivity contribution is 5.75. The maximum atomic E-state index is 11.6. The lowest BCUT2D eigenvalue weighted by Crippen LogP contribution is -2.45. The van der Waals surface area contributed by atoms with Crippen molar-refractivity contribution in [2.24, 2.45) is 5.41 Å². The molecule has 0 aromatic carbocycles. The highest BCUT2D eigenvalue weighted by atomic mass is 16.5. The Balaban J connectivity index is 2.01. The summed E-state index contributed by atoms with van der Waals surface area (Å²) < 4.78 is 5.30. The van der Waals surface area contributed by atoms with E-state index in [-0.39, 0.29) is 0 Å². The van der Waals surface area contributed by atoms with Crippen LogP contribution in [0, 0.1) is 12.3 Å². The first-order valence-electron chi connectivity index (χ1n) is 6.94. The summed E-state index contributed by atoms with van der Waals surface area (Å²) in [5.41, 5.74) is 1.27. The molecule has 0 aliphatic carbocycles. The van der Waals surface area contributed by atoms with E-state index >= 15 is 0 Å². The second-order valence-corrected chi connectivity index (χ2v) is 5.64. The number of aromatic nitrogens is 1. The first-order chi connectivity index (χ1) is 9.52. The molecule has 1 aromatic heterocycles. The number of hydrogen-bond donors (Lipinski definition) is 1. The average molecular weight is 278 g/mol. The lowest BCUT2D eigenvalue weighted by molar-refractivity contribution is -0.156. The number of aliphatic carboxylic acids is 1. The van der Waals surface area contributed by atoms with Gasteiger partial charge >= 0.3 is 5.97 Å². The maximum absolute atomic E-state index is 11.6. The van der Waals surface area contributed by atoms with Gasteiger partial charge in [-0.1, -0.05) is 6.07 Å². The Kier molecular flexibility index (Phi) is 4.73. The first kappa shape index (κ1) is 14.9. The second-order valence-electron chi connectivity index (χ2n) is 5.64. The summed E-state index contributed by atoms with van der Waals surface area (Å²) in [5.74, 6) is -0.718. The van der Waals surface area contributed by atoms with Gasteiger partial charge in [-0.25, -0.2) is 0 Å². The van der Waals surface area contributed by atoms with E-state index in [9.17, 15) is 9.90 Å². The van der Waals surface area contributed by atoms with Crippen LogP contribution in [0.4, 0.5) is 0 Å². The minimum atomic E-state index is -0.718. The summed E-state index contributed by atoms with van der Waals surface area (Å²) in [5, 5.41) is 9.55. The van der Waals surface area contributed by atoms with Crippen molar-refractivity contribution in [1.82, 2.24) is 9.88 Å². The summed E-state index contributed by atoms with van der Waals surface area (Å²) in [4.78, 5) is 18.1. The van der Waals surface area contributed by atoms with E-state index in [1.807, 2.05) is 37.1 Å². The molecule has 1 N–H and O–H groups in total. The smallest absolute Gasteiger partial charge is 0.311 e. The Hall–Kier alpha value is -1.46. The Morgan fingerprint density at radius 2 is 2.15 bits per heavy atom. The van der Waals surface area contributed by atoms with Crippen LogP contribution in [0.25, 0.3) is 0 Å². The molecule has 0 saturated carbocycles. The fraction of sp³-hybridized carbons (Fsp3) is 0.600. The lowest BCUT2D eigenvalue weighted by atomic mass is 9.80. The van der Waals surface area contributed by atoms with E-state index in [4.69, 9.17) is 4.74 Å². The molecule has 5 nitrogen and oxygen atoms in total. The Morgan fingerprint density at radius 1 is 1.45 bits per heavy atom. The zero-order valence-corrected chi connectivity index (χ0v) is 12.1. The molecule has 0 unspecified atom stereocenters. The number of pyridine rings is 1. The molecular weight excluding hydrogens is 256 g/mol. The summed E-state index contributed by atoms with van der Waals surface area (Å²) in [6, 6.07) is 5.91. The van der Waals surface area contributed by atoms with Crippen molar-refractivity contribution in [2.75, 3.05) is 26.8 Å². The largest absolute Gasteiger partial charge is 0.481 e. The number of hydrogen-bond acceptors (Lipinski definition) is 4. The number of carboxylic acids is 1. The normalized spacial score (nSPS) is 18.1. The van der Waals surface area contributed by atoms with Gasteiger partial charge in [0, 0.05) is 32.0 Å². The van der Waals surface area contributed by atoms with Crippen LogP contribution in [0.3, 0.4) is 0 Å². The molecule has 5 heteroatoms. The zero-order valence-electron chi connectivity index (χ0n) is 12.1. The number of aryl methyl sites for hydroxylation is 1. The lowest BCUT2D eigenvalue weighted by Gasteiger charge is -2.36. The van der Waals surface area contributed by atoms with E-state index in [1.165, 1.54) is 0 Å². The minimum absolute atomic E-state index is 0.529. The molecule has 1 aromatic rings. The highest BCUT2D eigenvalue weighted by Gasteiger charge is 2.41. The van der Waals surface area contributed by atoms with Gasteiger partial charge in [-0.15, -0.1) is 0 Å². The van der Waals surface area contributed by atoms with Crippen LogP contribution in [0.15, 0.2) is 18.2 Å². The van der Waals surface area contributed by atoms with Gasteiger partial charge in [0.05, 0.1) is 11.1 Å². The van der Waals surface area contributed by atoms with Gasteiger partial charge in [0.15, 0.2) is 0 Å². The van der Waals surface area contributed by atoms with E-state index in [1.54, 1.807) is 0 Å². The third-order valence-electron chi connectivity index (χ3n) is 3.85. The van der Waals surface area contributed by atoms with Gasteiger partial charge < -0.3 is 9.84 Å². The number of ether oxygens (including phenoxy) is 1. The van der Waals surface area contributed by atoms with Crippen LogP contribution in [-0.4, -0.2) is 47.8 Å². The van der Waals surface area contributed by atoms with E-state index in [2.05, 4.69) is 4.98 Å². The van der Waals surface area contributed by atoms with Crippen molar-refractivity contribution < 1.29 is 14.6 Å². The van der Waals surface area contributed by atoms with Gasteiger partial charge in [-0.05, 0) is 38.9 Å². The third kappa shape index (κ3) is 3.55. The minimum Gasteiger partial charge on any atom is -0.481 e. The molecule has 110 valence electrons. The van der Waals surface area contributed by atoms with Crippen molar-refractivity contribution in [2.45, 2.75) is 26.3 Å². The third-order valence-corrected chi connectivity index (χ3v) is 3.85. The topological polar surface area (TPSA) is 62.7 Å². The van der Waals surface area contributed by atoms with Crippen LogP contribution >= 0.6 is 0 Å². The quantitative estimate of drug-likeness (QED) is 0.888. The Labute approximate surface area is 119 Å². The Bertz CT molecular complexity index is 470. The molecule has 0 radical (unpaired) electrons. The number of carbonyl (C=O) groups is 1. The average Bonchev–Trinajstić information content (AvgIpc) is 2.39. The SMILES string of the molecule is Cc1cccc(CN(C)CC2(C(=O)O)CCOCC2)n1. The van der Waals surface area contributed by atoms with Crippen molar-refractivity contribution in [1.29, 1.82) is 0 Å². The van der Waals surface area contributed by atoms with Crippen LogP contribution < -0.4 is 0 Å². The first-order valence-corrected chi connectivity index (χ1v) is 6.94. The standard InChI is InChI=1S/C15H22N2O3/c1-12-4-3-5-13(16-12)10-17(2)11-15(14(18)19)6-8-20-9-7-15/h3-5H,6-11H2,1-2H3,(H,18,19). The summed E-state index contributed by atoms with van der Waals surface area (Å²) in [7, 11) is 1.95. The molecule has 0 amide bonds. The van der Waals surface area contributed by atoms with Gasteiger partial charge in [-0.3, -0.25) is 14.7 Å². The molecule has 0 bridgehead atoms. The van der Waals surface area contributed by atoms with Crippen LogP contribution in [-0.2, 0) is 16.1 Å². The van der Waals surface area contributed by atoms with E-state index in [0.717, 1.165) is 11.4 Å². The second kappa shape index (κ2) is 6.33. The molecule has 2 rings (SSSR count). The summed E-state index contributed by atoms with van der Waals surface area (Å²) in [6.45, 7) is 4.21. The number of rotatable bonds is 5. The monoisotopic (exact) mass is 278 g/mol. The van der Waals surface area contributed by atoms with Crippen LogP contribution in [0.5, 0.6) is 0 Å². The number of carboxylic acid groups (broad SMARTS) is 1. The van der Waals surface area contributed by atoms with Crippen molar-refractivity contribution in [3.8, 4) is 0 Å². The molecule has 2 heterocycles. The van der Waals surface area contributed by atoms with Crippen molar-refractivity contribution >= 4 is 5.97 Å². The molecule has 1 aliphatic heterocycles. The fourth-order valence-corrected chi connectivity index (χ4v) is 2.74. The molecular formula is C15H22N2O3. The van der Waals surface area contributed by atoms with Crippen molar-refractivity contribution in [3.05, 3.63) is 29.6 Å². The van der Waals surface area contributed by atoms with E-state index in [0.29, 0.717) is 39.1 Å². The van der Waals surface area contributed by atoms with Crippen molar-refractivity contribution in [3.63, 3.8) is 0 Å². The van der Waals surface area contributed by atoms with Gasteiger partial charge in [0.25, 0.3) is 0 Å². The van der Waals surface area contributed by atoms with Crippen LogP contribution in [0.1, 0.15) is 24.2 Å². The number of nitrogens with zero attached hydrogens (tertiary/aromatic N) is 2. The Morgan fingerprint density at radius 3 is 2.75 bits per heavy atom. The van der Waals surface area contributed by atoms with E-state index < -0.39 is 11.4 Å². The molecule has 0 atom stereocenters. The predicted molar refractivity (Wildman–Crippen MR) is 75.4 cm³/mol. The van der Waals surface area contributed by atoms with Gasteiger partial charge in [0.2, 0.25) is 0 Å². The zero-order chi connectivity index (χ0) is 14.6. The maximum Gasteiger partial charge on any atom is 0.311 e. The van der Waals surface area contributed by atoms with Gasteiger partial charge in [0.1, 0.15) is 0 Å². The molecule has 20 heavy (non-hydrogen) atoms. The molecule has 1 saturated heterocycles.